The Hall–Kier alpha value is -0.600. The zero-order valence-electron chi connectivity index (χ0n) is 6.85. The van der Waals surface area contributed by atoms with Crippen LogP contribution in [0.3, 0.4) is 0 Å². The number of halogens is 3. The fourth-order valence-electron chi connectivity index (χ4n) is 0.908. The molecule has 1 aromatic carbocycles. The Labute approximate surface area is 85.5 Å². The maximum absolute atomic E-state index is 12.6. The van der Waals surface area contributed by atoms with Crippen LogP contribution in [0.25, 0.3) is 0 Å². The van der Waals surface area contributed by atoms with Gasteiger partial charge in [-0.3, -0.25) is 4.79 Å². The quantitative estimate of drug-likeness (QED) is 0.698. The van der Waals surface area contributed by atoms with E-state index in [2.05, 4.69) is 0 Å². The SMILES string of the molecule is CC(F)C(=O)c1cccc(Cl)c1Cl. The summed E-state index contributed by atoms with van der Waals surface area (Å²) in [5.74, 6) is -0.646. The van der Waals surface area contributed by atoms with E-state index >= 15 is 0 Å². The molecule has 4 heteroatoms. The smallest absolute Gasteiger partial charge is 0.198 e. The van der Waals surface area contributed by atoms with Gasteiger partial charge in [-0.2, -0.15) is 0 Å². The average molecular weight is 221 g/mol. The minimum absolute atomic E-state index is 0.110. The fourth-order valence-corrected chi connectivity index (χ4v) is 1.30. The van der Waals surface area contributed by atoms with Crippen LogP contribution in [0.4, 0.5) is 4.39 Å². The number of hydrogen-bond donors (Lipinski definition) is 0. The molecule has 0 fully saturated rings. The van der Waals surface area contributed by atoms with Crippen molar-refractivity contribution in [2.45, 2.75) is 13.1 Å². The van der Waals surface area contributed by atoms with Crippen LogP contribution >= 0.6 is 23.2 Å². The predicted octanol–water partition coefficient (Wildman–Crippen LogP) is 3.53. The Balaban J connectivity index is 3.15. The fraction of sp³-hybridized carbons (Fsp3) is 0.222. The highest BCUT2D eigenvalue weighted by Crippen LogP contribution is 2.26. The lowest BCUT2D eigenvalue weighted by Gasteiger charge is -2.04. The van der Waals surface area contributed by atoms with Gasteiger partial charge in [-0.1, -0.05) is 29.3 Å². The highest BCUT2D eigenvalue weighted by molar-refractivity contribution is 6.44. The first-order valence-corrected chi connectivity index (χ1v) is 4.42. The Bertz CT molecular complexity index is 336. The van der Waals surface area contributed by atoms with E-state index in [1.54, 1.807) is 12.1 Å². The van der Waals surface area contributed by atoms with Crippen LogP contribution < -0.4 is 0 Å². The van der Waals surface area contributed by atoms with Crippen LogP contribution in [0.15, 0.2) is 18.2 Å². The molecule has 13 heavy (non-hydrogen) atoms. The summed E-state index contributed by atoms with van der Waals surface area (Å²) >= 11 is 11.4. The van der Waals surface area contributed by atoms with Crippen molar-refractivity contribution in [1.29, 1.82) is 0 Å². The number of rotatable bonds is 2. The highest BCUT2D eigenvalue weighted by Gasteiger charge is 2.17. The molecule has 1 nitrogen and oxygen atoms in total. The molecule has 0 amide bonds. The third kappa shape index (κ3) is 2.20. The summed E-state index contributed by atoms with van der Waals surface area (Å²) in [6, 6.07) is 4.56. The number of hydrogen-bond acceptors (Lipinski definition) is 1. The molecule has 0 bridgehead atoms. The van der Waals surface area contributed by atoms with E-state index in [-0.39, 0.29) is 15.6 Å². The molecule has 70 valence electrons. The molecule has 1 rings (SSSR count). The third-order valence-corrected chi connectivity index (χ3v) is 2.40. The lowest BCUT2D eigenvalue weighted by atomic mass is 10.1. The lowest BCUT2D eigenvalue weighted by molar-refractivity contribution is 0.0893. The molecule has 1 unspecified atom stereocenters. The van der Waals surface area contributed by atoms with Gasteiger partial charge in [-0.25, -0.2) is 4.39 Å². The molecule has 0 aromatic heterocycles. The molecule has 0 aliphatic carbocycles. The van der Waals surface area contributed by atoms with Crippen molar-refractivity contribution in [2.24, 2.45) is 0 Å². The molecule has 0 aliphatic heterocycles. The van der Waals surface area contributed by atoms with Gasteiger partial charge >= 0.3 is 0 Å². The summed E-state index contributed by atoms with van der Waals surface area (Å²) in [6.45, 7) is 1.17. The van der Waals surface area contributed by atoms with E-state index in [4.69, 9.17) is 23.2 Å². The topological polar surface area (TPSA) is 17.1 Å². The van der Waals surface area contributed by atoms with Gasteiger partial charge in [-0.15, -0.1) is 0 Å². The number of carbonyl (C=O) groups is 1. The van der Waals surface area contributed by atoms with E-state index in [0.29, 0.717) is 0 Å². The second-order valence-corrected chi connectivity index (χ2v) is 3.37. The summed E-state index contributed by atoms with van der Waals surface area (Å²) in [6.07, 6.45) is -1.56. The maximum atomic E-state index is 12.6. The van der Waals surface area contributed by atoms with Crippen LogP contribution in [-0.4, -0.2) is 12.0 Å². The zero-order chi connectivity index (χ0) is 10.0. The number of benzene rings is 1. The van der Waals surface area contributed by atoms with E-state index in [1.807, 2.05) is 0 Å². The van der Waals surface area contributed by atoms with Gasteiger partial charge in [0.1, 0.15) is 0 Å². The zero-order valence-corrected chi connectivity index (χ0v) is 8.36. The molecular weight excluding hydrogens is 214 g/mol. The molecular formula is C9H7Cl2FO. The van der Waals surface area contributed by atoms with Crippen molar-refractivity contribution >= 4 is 29.0 Å². The normalized spacial score (nSPS) is 12.6. The summed E-state index contributed by atoms with van der Waals surface area (Å²) < 4.78 is 12.6. The minimum Gasteiger partial charge on any atom is -0.291 e. The molecule has 0 aliphatic rings. The lowest BCUT2D eigenvalue weighted by Crippen LogP contribution is -2.11. The molecule has 0 heterocycles. The molecule has 0 saturated carbocycles. The second kappa shape index (κ2) is 4.07. The van der Waals surface area contributed by atoms with Crippen LogP contribution in [0, 0.1) is 0 Å². The number of ketones is 1. The van der Waals surface area contributed by atoms with Gasteiger partial charge in [0.25, 0.3) is 0 Å². The molecule has 0 spiro atoms. The van der Waals surface area contributed by atoms with Crippen LogP contribution in [0.5, 0.6) is 0 Å². The van der Waals surface area contributed by atoms with Gasteiger partial charge in [0.05, 0.1) is 10.0 Å². The monoisotopic (exact) mass is 220 g/mol. The summed E-state index contributed by atoms with van der Waals surface area (Å²) in [5, 5.41) is 0.367. The summed E-state index contributed by atoms with van der Waals surface area (Å²) in [5.41, 5.74) is 0.129. The van der Waals surface area contributed by atoms with Gasteiger partial charge in [0.2, 0.25) is 0 Å². The van der Waals surface area contributed by atoms with Gasteiger partial charge in [0.15, 0.2) is 12.0 Å². The van der Waals surface area contributed by atoms with Crippen molar-refractivity contribution in [3.8, 4) is 0 Å². The number of alkyl halides is 1. The molecule has 0 N–H and O–H groups in total. The van der Waals surface area contributed by atoms with Crippen molar-refractivity contribution in [3.05, 3.63) is 33.8 Å². The van der Waals surface area contributed by atoms with Crippen LogP contribution in [0.1, 0.15) is 17.3 Å². The van der Waals surface area contributed by atoms with E-state index in [9.17, 15) is 9.18 Å². The maximum Gasteiger partial charge on any atom is 0.198 e. The van der Waals surface area contributed by atoms with Crippen molar-refractivity contribution in [3.63, 3.8) is 0 Å². The van der Waals surface area contributed by atoms with E-state index < -0.39 is 12.0 Å². The largest absolute Gasteiger partial charge is 0.291 e. The van der Waals surface area contributed by atoms with Crippen LogP contribution in [-0.2, 0) is 0 Å². The first-order chi connectivity index (χ1) is 6.04. The Morgan fingerprint density at radius 1 is 1.46 bits per heavy atom. The Kier molecular flexibility index (Phi) is 3.28. The summed E-state index contributed by atoms with van der Waals surface area (Å²) in [4.78, 5) is 11.2. The van der Waals surface area contributed by atoms with E-state index in [1.165, 1.54) is 13.0 Å². The standard InChI is InChI=1S/C9H7Cl2FO/c1-5(12)9(13)6-3-2-4-7(10)8(6)11/h2-5H,1H3. The number of carbonyl (C=O) groups excluding carboxylic acids is 1. The van der Waals surface area contributed by atoms with Crippen molar-refractivity contribution in [2.75, 3.05) is 0 Å². The van der Waals surface area contributed by atoms with Gasteiger partial charge in [0, 0.05) is 5.56 Å². The Morgan fingerprint density at radius 2 is 2.08 bits per heavy atom. The van der Waals surface area contributed by atoms with Gasteiger partial charge in [-0.05, 0) is 19.1 Å². The molecule has 1 aromatic rings. The third-order valence-electron chi connectivity index (χ3n) is 1.58. The first-order valence-electron chi connectivity index (χ1n) is 3.66. The van der Waals surface area contributed by atoms with Gasteiger partial charge < -0.3 is 0 Å². The van der Waals surface area contributed by atoms with Crippen LogP contribution in [0.2, 0.25) is 10.0 Å². The number of Topliss-reactive ketones (excluding diaryl/α,β-unsaturated/α-hetero) is 1. The second-order valence-electron chi connectivity index (χ2n) is 2.58. The molecule has 0 radical (unpaired) electrons. The predicted molar refractivity (Wildman–Crippen MR) is 51.4 cm³/mol. The average Bonchev–Trinajstić information content (AvgIpc) is 2.08. The highest BCUT2D eigenvalue weighted by atomic mass is 35.5. The Morgan fingerprint density at radius 3 is 2.62 bits per heavy atom. The minimum atomic E-state index is -1.56. The molecule has 0 saturated heterocycles. The molecule has 1 atom stereocenters. The first kappa shape index (κ1) is 10.5. The van der Waals surface area contributed by atoms with Crippen molar-refractivity contribution in [1.82, 2.24) is 0 Å². The van der Waals surface area contributed by atoms with Crippen molar-refractivity contribution < 1.29 is 9.18 Å². The van der Waals surface area contributed by atoms with E-state index in [0.717, 1.165) is 0 Å². The summed E-state index contributed by atoms with van der Waals surface area (Å²) in [7, 11) is 0.